The molecule has 2 heterocycles. The Bertz CT molecular complexity index is 907. The van der Waals surface area contributed by atoms with Crippen LogP contribution >= 0.6 is 0 Å². The summed E-state index contributed by atoms with van der Waals surface area (Å²) in [5.41, 5.74) is -0.0327. The molecule has 26 heavy (non-hydrogen) atoms. The Labute approximate surface area is 151 Å². The van der Waals surface area contributed by atoms with Gasteiger partial charge in [0.1, 0.15) is 0 Å². The molecule has 7 nitrogen and oxygen atoms in total. The maximum absolute atomic E-state index is 12.7. The molecular formula is C19H25N3O4. The van der Waals surface area contributed by atoms with Gasteiger partial charge in [0.25, 0.3) is 11.5 Å². The lowest BCUT2D eigenvalue weighted by Crippen LogP contribution is -2.38. The van der Waals surface area contributed by atoms with Crippen LogP contribution in [0.4, 0.5) is 0 Å². The van der Waals surface area contributed by atoms with E-state index in [-0.39, 0.29) is 24.1 Å². The van der Waals surface area contributed by atoms with E-state index >= 15 is 0 Å². The molecule has 1 aliphatic heterocycles. The number of nitrogens with zero attached hydrogens (tertiary/aromatic N) is 1. The molecule has 1 fully saturated rings. The highest BCUT2D eigenvalue weighted by Crippen LogP contribution is 2.14. The average Bonchev–Trinajstić information content (AvgIpc) is 3.11. The minimum atomic E-state index is -0.477. The number of benzene rings is 1. The molecule has 0 aliphatic carbocycles. The lowest BCUT2D eigenvalue weighted by Gasteiger charge is -2.12. The van der Waals surface area contributed by atoms with Gasteiger partial charge in [-0.25, -0.2) is 4.79 Å². The predicted octanol–water partition coefficient (Wildman–Crippen LogP) is 1.64. The average molecular weight is 359 g/mol. The minimum Gasteiger partial charge on any atom is -0.376 e. The van der Waals surface area contributed by atoms with E-state index in [4.69, 9.17) is 4.74 Å². The third-order valence-corrected chi connectivity index (χ3v) is 4.66. The van der Waals surface area contributed by atoms with Gasteiger partial charge in [-0.1, -0.05) is 13.8 Å². The number of amides is 1. The standard InChI is InChI=1S/C19H25N3O4/c1-12(2)7-8-20-17(23)13-5-6-15-16(10-13)21-19(25)22(18(15)24)11-14-4-3-9-26-14/h5-6,10,12,14H,3-4,7-9,11H2,1-2H3,(H,20,23)(H,21,25). The van der Waals surface area contributed by atoms with E-state index < -0.39 is 5.69 Å². The Balaban J connectivity index is 1.85. The van der Waals surface area contributed by atoms with E-state index in [0.29, 0.717) is 35.5 Å². The first-order chi connectivity index (χ1) is 12.5. The predicted molar refractivity (Wildman–Crippen MR) is 99.6 cm³/mol. The highest BCUT2D eigenvalue weighted by molar-refractivity contribution is 5.97. The minimum absolute atomic E-state index is 0.0998. The molecule has 2 N–H and O–H groups in total. The smallest absolute Gasteiger partial charge is 0.328 e. The maximum atomic E-state index is 12.7. The third kappa shape index (κ3) is 4.04. The van der Waals surface area contributed by atoms with Gasteiger partial charge in [-0.2, -0.15) is 0 Å². The Hall–Kier alpha value is -2.41. The molecule has 1 aromatic heterocycles. The Morgan fingerprint density at radius 2 is 2.19 bits per heavy atom. The number of hydrogen-bond acceptors (Lipinski definition) is 4. The number of aromatic amines is 1. The summed E-state index contributed by atoms with van der Waals surface area (Å²) in [4.78, 5) is 39.9. The maximum Gasteiger partial charge on any atom is 0.328 e. The molecule has 0 saturated carbocycles. The number of ether oxygens (including phenoxy) is 1. The fraction of sp³-hybridized carbons (Fsp3) is 0.526. The van der Waals surface area contributed by atoms with Crippen LogP contribution < -0.4 is 16.6 Å². The molecule has 1 saturated heterocycles. The van der Waals surface area contributed by atoms with Crippen LogP contribution in [0.5, 0.6) is 0 Å². The fourth-order valence-corrected chi connectivity index (χ4v) is 3.13. The number of aromatic nitrogens is 2. The summed E-state index contributed by atoms with van der Waals surface area (Å²) in [6.07, 6.45) is 2.58. The normalized spacial score (nSPS) is 17.1. The van der Waals surface area contributed by atoms with E-state index in [1.807, 2.05) is 0 Å². The number of rotatable bonds is 6. The lowest BCUT2D eigenvalue weighted by molar-refractivity contribution is 0.0950. The number of fused-ring (bicyclic) bond motifs is 1. The van der Waals surface area contributed by atoms with Crippen LogP contribution in [0.1, 0.15) is 43.5 Å². The second kappa shape index (κ2) is 7.86. The van der Waals surface area contributed by atoms with Gasteiger partial charge in [0.15, 0.2) is 0 Å². The van der Waals surface area contributed by atoms with Crippen LogP contribution in [0.3, 0.4) is 0 Å². The van der Waals surface area contributed by atoms with E-state index in [1.54, 1.807) is 18.2 Å². The summed E-state index contributed by atoms with van der Waals surface area (Å²) in [7, 11) is 0. The zero-order valence-corrected chi connectivity index (χ0v) is 15.2. The zero-order chi connectivity index (χ0) is 18.7. The van der Waals surface area contributed by atoms with Gasteiger partial charge >= 0.3 is 5.69 Å². The van der Waals surface area contributed by atoms with Gasteiger partial charge in [-0.3, -0.25) is 14.2 Å². The van der Waals surface area contributed by atoms with Gasteiger partial charge in [-0.05, 0) is 43.4 Å². The number of nitrogens with one attached hydrogen (secondary N) is 2. The highest BCUT2D eigenvalue weighted by Gasteiger charge is 2.19. The molecule has 0 spiro atoms. The van der Waals surface area contributed by atoms with Gasteiger partial charge in [0.05, 0.1) is 23.6 Å². The zero-order valence-electron chi connectivity index (χ0n) is 15.2. The van der Waals surface area contributed by atoms with Crippen LogP contribution in [-0.2, 0) is 11.3 Å². The summed E-state index contributed by atoms with van der Waals surface area (Å²) >= 11 is 0. The second-order valence-electron chi connectivity index (χ2n) is 7.18. The molecule has 140 valence electrons. The fourth-order valence-electron chi connectivity index (χ4n) is 3.13. The molecule has 1 unspecified atom stereocenters. The molecule has 1 atom stereocenters. The van der Waals surface area contributed by atoms with Crippen LogP contribution in [0.15, 0.2) is 27.8 Å². The van der Waals surface area contributed by atoms with E-state index in [0.717, 1.165) is 19.3 Å². The highest BCUT2D eigenvalue weighted by atomic mass is 16.5. The van der Waals surface area contributed by atoms with Gasteiger partial charge in [-0.15, -0.1) is 0 Å². The van der Waals surface area contributed by atoms with Crippen molar-refractivity contribution in [2.45, 2.75) is 45.8 Å². The molecular weight excluding hydrogens is 334 g/mol. The summed E-state index contributed by atoms with van der Waals surface area (Å²) in [6, 6.07) is 4.76. The molecule has 1 amide bonds. The van der Waals surface area contributed by atoms with Crippen molar-refractivity contribution in [3.8, 4) is 0 Å². The van der Waals surface area contributed by atoms with Crippen LogP contribution in [0.25, 0.3) is 10.9 Å². The number of hydrogen-bond donors (Lipinski definition) is 2. The van der Waals surface area contributed by atoms with Crippen molar-refractivity contribution < 1.29 is 9.53 Å². The molecule has 0 bridgehead atoms. The Kier molecular flexibility index (Phi) is 5.56. The van der Waals surface area contributed by atoms with Gasteiger partial charge in [0, 0.05) is 18.7 Å². The largest absolute Gasteiger partial charge is 0.376 e. The van der Waals surface area contributed by atoms with Crippen molar-refractivity contribution >= 4 is 16.8 Å². The van der Waals surface area contributed by atoms with E-state index in [2.05, 4.69) is 24.1 Å². The molecule has 7 heteroatoms. The first-order valence-electron chi connectivity index (χ1n) is 9.12. The molecule has 1 aromatic carbocycles. The molecule has 0 radical (unpaired) electrons. The number of H-pyrrole nitrogens is 1. The summed E-state index contributed by atoms with van der Waals surface area (Å²) in [6.45, 7) is 5.69. The third-order valence-electron chi connectivity index (χ3n) is 4.66. The first kappa shape index (κ1) is 18.4. The lowest BCUT2D eigenvalue weighted by atomic mass is 10.1. The van der Waals surface area contributed by atoms with Gasteiger partial charge in [0.2, 0.25) is 0 Å². The van der Waals surface area contributed by atoms with Crippen molar-refractivity contribution in [3.63, 3.8) is 0 Å². The number of carbonyl (C=O) groups excluding carboxylic acids is 1. The van der Waals surface area contributed by atoms with Crippen LogP contribution in [-0.4, -0.2) is 34.7 Å². The quantitative estimate of drug-likeness (QED) is 0.820. The summed E-state index contributed by atoms with van der Waals surface area (Å²) < 4.78 is 6.70. The summed E-state index contributed by atoms with van der Waals surface area (Å²) in [5, 5.41) is 3.24. The van der Waals surface area contributed by atoms with E-state index in [1.165, 1.54) is 4.57 Å². The topological polar surface area (TPSA) is 93.2 Å². The second-order valence-corrected chi connectivity index (χ2v) is 7.18. The van der Waals surface area contributed by atoms with Gasteiger partial charge < -0.3 is 15.0 Å². The van der Waals surface area contributed by atoms with Crippen LogP contribution in [0.2, 0.25) is 0 Å². The van der Waals surface area contributed by atoms with Crippen molar-refractivity contribution in [1.29, 1.82) is 0 Å². The monoisotopic (exact) mass is 359 g/mol. The molecule has 1 aliphatic rings. The van der Waals surface area contributed by atoms with Crippen molar-refractivity contribution in [3.05, 3.63) is 44.6 Å². The summed E-state index contributed by atoms with van der Waals surface area (Å²) in [5.74, 6) is 0.294. The van der Waals surface area contributed by atoms with Crippen LogP contribution in [0, 0.1) is 5.92 Å². The number of carbonyl (C=O) groups is 1. The van der Waals surface area contributed by atoms with Crippen molar-refractivity contribution in [2.75, 3.05) is 13.2 Å². The first-order valence-corrected chi connectivity index (χ1v) is 9.12. The Morgan fingerprint density at radius 1 is 1.38 bits per heavy atom. The van der Waals surface area contributed by atoms with Crippen molar-refractivity contribution in [2.24, 2.45) is 5.92 Å². The van der Waals surface area contributed by atoms with Crippen molar-refractivity contribution in [1.82, 2.24) is 14.9 Å². The Morgan fingerprint density at radius 3 is 2.88 bits per heavy atom. The molecule has 3 rings (SSSR count). The van der Waals surface area contributed by atoms with E-state index in [9.17, 15) is 14.4 Å². The molecule has 2 aromatic rings. The SMILES string of the molecule is CC(C)CCNC(=O)c1ccc2c(=O)n(CC3CCCO3)c(=O)[nH]c2c1.